The Hall–Kier alpha value is -2.77. The molecule has 1 aromatic carbocycles. The van der Waals surface area contributed by atoms with Crippen LogP contribution in [0.3, 0.4) is 0 Å². The minimum Gasteiger partial charge on any atom is -0.324 e. The molecule has 2 heterocycles. The van der Waals surface area contributed by atoms with Crippen LogP contribution in [0.25, 0.3) is 0 Å². The molecule has 2 aromatic rings. The molecular weight excluding hydrogens is 277 g/mol. The van der Waals surface area contributed by atoms with Gasteiger partial charge < -0.3 is 5.32 Å². The van der Waals surface area contributed by atoms with Crippen molar-refractivity contribution in [3.8, 4) is 0 Å². The Bertz CT molecular complexity index is 727. The molecule has 21 heavy (non-hydrogen) atoms. The van der Waals surface area contributed by atoms with Crippen LogP contribution in [-0.2, 0) is 9.59 Å². The van der Waals surface area contributed by atoms with Gasteiger partial charge in [0.05, 0.1) is 6.42 Å². The van der Waals surface area contributed by atoms with Gasteiger partial charge in [-0.1, -0.05) is 6.07 Å². The molecule has 1 atom stereocenters. The predicted molar refractivity (Wildman–Crippen MR) is 72.1 cm³/mol. The van der Waals surface area contributed by atoms with Crippen molar-refractivity contribution in [2.24, 2.45) is 0 Å². The highest BCUT2D eigenvalue weighted by Gasteiger charge is 2.32. The molecular formula is C13H12FN5O2. The summed E-state index contributed by atoms with van der Waals surface area (Å²) >= 11 is 0. The summed E-state index contributed by atoms with van der Waals surface area (Å²) in [7, 11) is 0. The first-order chi connectivity index (χ1) is 10.0. The number of rotatable bonds is 2. The molecule has 0 saturated heterocycles. The molecule has 0 aliphatic carbocycles. The van der Waals surface area contributed by atoms with Gasteiger partial charge in [0, 0.05) is 5.69 Å². The number of halogens is 1. The maximum absolute atomic E-state index is 13.1. The van der Waals surface area contributed by atoms with Gasteiger partial charge in [-0.2, -0.15) is 10.1 Å². The molecule has 0 radical (unpaired) electrons. The zero-order valence-electron chi connectivity index (χ0n) is 11.1. The highest BCUT2D eigenvalue weighted by Crippen LogP contribution is 2.24. The molecule has 1 aliphatic heterocycles. The first-order valence-corrected chi connectivity index (χ1v) is 6.32. The van der Waals surface area contributed by atoms with Crippen LogP contribution in [0.15, 0.2) is 24.3 Å². The summed E-state index contributed by atoms with van der Waals surface area (Å²) in [5, 5.41) is 9.23. The molecule has 2 amide bonds. The van der Waals surface area contributed by atoms with Crippen molar-refractivity contribution < 1.29 is 14.0 Å². The standard InChI is InChI=1S/C13H12FN5O2/c1-7-15-13-17-11(20)6-10(19(13)18-7)12(21)16-9-4-2-3-8(14)5-9/h2-5,10H,6H2,1H3,(H,16,21)(H,15,17,18,20). The molecule has 1 aromatic heterocycles. The van der Waals surface area contributed by atoms with Crippen LogP contribution >= 0.6 is 0 Å². The molecule has 7 nitrogen and oxygen atoms in total. The van der Waals surface area contributed by atoms with Gasteiger partial charge in [-0.25, -0.2) is 9.07 Å². The smallest absolute Gasteiger partial charge is 0.249 e. The average Bonchev–Trinajstić information content (AvgIpc) is 2.77. The van der Waals surface area contributed by atoms with E-state index in [1.807, 2.05) is 0 Å². The third-order valence-electron chi connectivity index (χ3n) is 3.06. The summed E-state index contributed by atoms with van der Waals surface area (Å²) in [6.07, 6.45) is -0.0447. The van der Waals surface area contributed by atoms with Crippen molar-refractivity contribution in [2.75, 3.05) is 10.6 Å². The summed E-state index contributed by atoms with van der Waals surface area (Å²) in [6.45, 7) is 1.67. The Morgan fingerprint density at radius 1 is 1.52 bits per heavy atom. The number of hydrogen-bond acceptors (Lipinski definition) is 4. The van der Waals surface area contributed by atoms with E-state index >= 15 is 0 Å². The van der Waals surface area contributed by atoms with E-state index in [0.717, 1.165) is 0 Å². The third-order valence-corrected chi connectivity index (χ3v) is 3.06. The number of aromatic nitrogens is 3. The van der Waals surface area contributed by atoms with Crippen LogP contribution in [0.4, 0.5) is 16.0 Å². The van der Waals surface area contributed by atoms with E-state index in [0.29, 0.717) is 11.5 Å². The quantitative estimate of drug-likeness (QED) is 0.870. The van der Waals surface area contributed by atoms with Crippen molar-refractivity contribution in [3.05, 3.63) is 35.9 Å². The van der Waals surface area contributed by atoms with Crippen LogP contribution in [0.2, 0.25) is 0 Å². The molecule has 0 fully saturated rings. The Morgan fingerprint density at radius 3 is 3.10 bits per heavy atom. The number of nitrogens with one attached hydrogen (secondary N) is 2. The highest BCUT2D eigenvalue weighted by atomic mass is 19.1. The summed E-state index contributed by atoms with van der Waals surface area (Å²) < 4.78 is 14.5. The van der Waals surface area contributed by atoms with E-state index in [1.54, 1.807) is 13.0 Å². The topological polar surface area (TPSA) is 88.9 Å². The largest absolute Gasteiger partial charge is 0.324 e. The molecule has 2 N–H and O–H groups in total. The fourth-order valence-corrected chi connectivity index (χ4v) is 2.17. The Morgan fingerprint density at radius 2 is 2.33 bits per heavy atom. The number of nitrogens with zero attached hydrogens (tertiary/aromatic N) is 3. The van der Waals surface area contributed by atoms with Gasteiger partial charge in [-0.05, 0) is 25.1 Å². The van der Waals surface area contributed by atoms with Crippen molar-refractivity contribution in [1.82, 2.24) is 14.8 Å². The fraction of sp³-hybridized carbons (Fsp3) is 0.231. The Balaban J connectivity index is 1.86. The van der Waals surface area contributed by atoms with E-state index in [2.05, 4.69) is 20.7 Å². The molecule has 1 unspecified atom stereocenters. The lowest BCUT2D eigenvalue weighted by Crippen LogP contribution is -2.36. The lowest BCUT2D eigenvalue weighted by molar-refractivity contribution is -0.125. The van der Waals surface area contributed by atoms with Gasteiger partial charge in [0.15, 0.2) is 0 Å². The first-order valence-electron chi connectivity index (χ1n) is 6.32. The SMILES string of the molecule is Cc1nc2n(n1)C(C(=O)Nc1cccc(F)c1)CC(=O)N2. The lowest BCUT2D eigenvalue weighted by Gasteiger charge is -2.22. The summed E-state index contributed by atoms with van der Waals surface area (Å²) in [6, 6.07) is 4.73. The van der Waals surface area contributed by atoms with Crippen LogP contribution in [0, 0.1) is 12.7 Å². The van der Waals surface area contributed by atoms with Crippen LogP contribution in [-0.4, -0.2) is 26.6 Å². The zero-order valence-corrected chi connectivity index (χ0v) is 11.1. The maximum atomic E-state index is 13.1. The summed E-state index contributed by atoms with van der Waals surface area (Å²) in [5.74, 6) is -0.513. The fourth-order valence-electron chi connectivity index (χ4n) is 2.17. The number of anilines is 2. The van der Waals surface area contributed by atoms with Crippen molar-refractivity contribution in [3.63, 3.8) is 0 Å². The van der Waals surface area contributed by atoms with Crippen molar-refractivity contribution >= 4 is 23.5 Å². The molecule has 0 bridgehead atoms. The van der Waals surface area contributed by atoms with Crippen molar-refractivity contribution in [2.45, 2.75) is 19.4 Å². The minimum atomic E-state index is -0.807. The second kappa shape index (κ2) is 4.97. The number of amides is 2. The van der Waals surface area contributed by atoms with E-state index in [1.165, 1.54) is 22.9 Å². The van der Waals surface area contributed by atoms with Gasteiger partial charge in [0.1, 0.15) is 17.7 Å². The third kappa shape index (κ3) is 2.60. The Labute approximate surface area is 119 Å². The maximum Gasteiger partial charge on any atom is 0.249 e. The van der Waals surface area contributed by atoms with Gasteiger partial charge in [0.25, 0.3) is 0 Å². The average molecular weight is 289 g/mol. The van der Waals surface area contributed by atoms with Gasteiger partial charge in [-0.15, -0.1) is 0 Å². The van der Waals surface area contributed by atoms with Crippen LogP contribution < -0.4 is 10.6 Å². The molecule has 108 valence electrons. The molecule has 0 saturated carbocycles. The molecule has 0 spiro atoms. The number of fused-ring (bicyclic) bond motifs is 1. The number of aryl methyl sites for hydroxylation is 1. The summed E-state index contributed by atoms with van der Waals surface area (Å²) in [5.41, 5.74) is 0.323. The predicted octanol–water partition coefficient (Wildman–Crippen LogP) is 1.25. The second-order valence-electron chi connectivity index (χ2n) is 4.69. The minimum absolute atomic E-state index is 0.0447. The molecule has 1 aliphatic rings. The monoisotopic (exact) mass is 289 g/mol. The van der Waals surface area contributed by atoms with E-state index in [4.69, 9.17) is 0 Å². The number of carbonyl (C=O) groups excluding carboxylic acids is 2. The normalized spacial score (nSPS) is 17.0. The number of hydrogen-bond donors (Lipinski definition) is 2. The number of benzene rings is 1. The van der Waals surface area contributed by atoms with E-state index in [9.17, 15) is 14.0 Å². The number of carbonyl (C=O) groups is 2. The summed E-state index contributed by atoms with van der Waals surface area (Å²) in [4.78, 5) is 28.0. The second-order valence-corrected chi connectivity index (χ2v) is 4.69. The van der Waals surface area contributed by atoms with Gasteiger partial charge in [-0.3, -0.25) is 14.9 Å². The van der Waals surface area contributed by atoms with E-state index < -0.39 is 17.8 Å². The van der Waals surface area contributed by atoms with Gasteiger partial charge >= 0.3 is 0 Å². The Kier molecular flexibility index (Phi) is 3.13. The van der Waals surface area contributed by atoms with Gasteiger partial charge in [0.2, 0.25) is 17.8 Å². The first kappa shape index (κ1) is 13.2. The molecule has 8 heteroatoms. The van der Waals surface area contributed by atoms with Crippen LogP contribution in [0.5, 0.6) is 0 Å². The molecule has 3 rings (SSSR count). The lowest BCUT2D eigenvalue weighted by atomic mass is 10.1. The van der Waals surface area contributed by atoms with Crippen LogP contribution in [0.1, 0.15) is 18.3 Å². The highest BCUT2D eigenvalue weighted by molar-refractivity contribution is 6.00. The van der Waals surface area contributed by atoms with Crippen molar-refractivity contribution in [1.29, 1.82) is 0 Å². The zero-order chi connectivity index (χ0) is 15.0. The van der Waals surface area contributed by atoms with E-state index in [-0.39, 0.29) is 18.3 Å².